The van der Waals surface area contributed by atoms with Gasteiger partial charge in [0.2, 0.25) is 0 Å². The Labute approximate surface area is 192 Å². The van der Waals surface area contributed by atoms with Crippen molar-refractivity contribution >= 4 is 22.6 Å². The Balaban J connectivity index is 1.49. The first kappa shape index (κ1) is 20.8. The van der Waals surface area contributed by atoms with Crippen LogP contribution in [0.1, 0.15) is 27.8 Å². The van der Waals surface area contributed by atoms with Crippen LogP contribution in [0.2, 0.25) is 5.02 Å². The fourth-order valence-corrected chi connectivity index (χ4v) is 4.62. The summed E-state index contributed by atoms with van der Waals surface area (Å²) in [5.41, 5.74) is 5.05. The largest absolute Gasteiger partial charge is 0.476 e. The molecule has 162 valence electrons. The Hall–Kier alpha value is -3.08. The van der Waals surface area contributed by atoms with Gasteiger partial charge in [-0.15, -0.1) is 0 Å². The Bertz CT molecular complexity index is 1320. The summed E-state index contributed by atoms with van der Waals surface area (Å²) in [6, 6.07) is 22.2. The number of benzene rings is 3. The van der Waals surface area contributed by atoms with Gasteiger partial charge >= 0.3 is 5.63 Å². The predicted octanol–water partition coefficient (Wildman–Crippen LogP) is 5.74. The average molecular weight is 446 g/mol. The Kier molecular flexibility index (Phi) is 5.73. The molecule has 0 spiro atoms. The predicted molar refractivity (Wildman–Crippen MR) is 128 cm³/mol. The van der Waals surface area contributed by atoms with E-state index in [1.165, 1.54) is 5.56 Å². The van der Waals surface area contributed by atoms with Crippen LogP contribution in [0.5, 0.6) is 5.75 Å². The minimum Gasteiger partial charge on any atom is -0.476 e. The lowest BCUT2D eigenvalue weighted by Gasteiger charge is -2.30. The van der Waals surface area contributed by atoms with E-state index in [1.54, 1.807) is 0 Å². The van der Waals surface area contributed by atoms with Gasteiger partial charge in [0.15, 0.2) is 0 Å². The zero-order valence-electron chi connectivity index (χ0n) is 17.9. The van der Waals surface area contributed by atoms with Gasteiger partial charge in [-0.3, -0.25) is 4.90 Å². The van der Waals surface area contributed by atoms with E-state index in [9.17, 15) is 4.79 Å². The molecule has 1 aliphatic heterocycles. The average Bonchev–Trinajstić information content (AvgIpc) is 2.83. The Morgan fingerprint density at radius 1 is 1.00 bits per heavy atom. The first-order valence-corrected chi connectivity index (χ1v) is 11.2. The first-order chi connectivity index (χ1) is 15.6. The number of rotatable bonds is 5. The van der Waals surface area contributed by atoms with Gasteiger partial charge in [0.25, 0.3) is 0 Å². The molecule has 0 saturated carbocycles. The van der Waals surface area contributed by atoms with Gasteiger partial charge in [-0.05, 0) is 36.1 Å². The molecule has 0 unspecified atom stereocenters. The number of fused-ring (bicyclic) bond motifs is 3. The van der Waals surface area contributed by atoms with Gasteiger partial charge in [-0.2, -0.15) is 0 Å². The maximum absolute atomic E-state index is 13.0. The third kappa shape index (κ3) is 4.04. The molecule has 1 aromatic heterocycles. The molecule has 32 heavy (non-hydrogen) atoms. The molecule has 0 atom stereocenters. The van der Waals surface area contributed by atoms with E-state index in [2.05, 4.69) is 29.2 Å². The summed E-state index contributed by atoms with van der Waals surface area (Å²) in [4.78, 5) is 15.2. The summed E-state index contributed by atoms with van der Waals surface area (Å²) >= 11 is 6.60. The van der Waals surface area contributed by atoms with E-state index in [-0.39, 0.29) is 5.63 Å². The molecule has 4 nitrogen and oxygen atoms in total. The molecule has 5 heteroatoms. The summed E-state index contributed by atoms with van der Waals surface area (Å²) in [6.07, 6.45) is 1.45. The third-order valence-electron chi connectivity index (χ3n) is 6.14. The van der Waals surface area contributed by atoms with Crippen LogP contribution in [0.3, 0.4) is 0 Å². The Morgan fingerprint density at radius 2 is 1.69 bits per heavy atom. The quantitative estimate of drug-likeness (QED) is 0.367. The normalized spacial score (nSPS) is 13.7. The molecule has 0 radical (unpaired) electrons. The maximum Gasteiger partial charge on any atom is 0.340 e. The number of hydrogen-bond donors (Lipinski definition) is 0. The van der Waals surface area contributed by atoms with Crippen molar-refractivity contribution in [3.8, 4) is 5.75 Å². The molecule has 0 amide bonds. The van der Waals surface area contributed by atoms with Crippen LogP contribution in [-0.4, -0.2) is 18.2 Å². The van der Waals surface area contributed by atoms with Crippen molar-refractivity contribution in [2.75, 3.05) is 13.3 Å². The molecule has 4 aromatic rings. The summed E-state index contributed by atoms with van der Waals surface area (Å²) in [7, 11) is 0. The minimum atomic E-state index is -0.301. The van der Waals surface area contributed by atoms with Crippen LogP contribution in [0.4, 0.5) is 0 Å². The number of ether oxygens (including phenoxy) is 1. The smallest absolute Gasteiger partial charge is 0.340 e. The van der Waals surface area contributed by atoms with Crippen molar-refractivity contribution in [2.45, 2.75) is 26.3 Å². The van der Waals surface area contributed by atoms with Crippen LogP contribution < -0.4 is 10.4 Å². The van der Waals surface area contributed by atoms with E-state index in [1.807, 2.05) is 49.4 Å². The van der Waals surface area contributed by atoms with Gasteiger partial charge < -0.3 is 9.15 Å². The van der Waals surface area contributed by atoms with Gasteiger partial charge in [0.1, 0.15) is 18.1 Å². The Morgan fingerprint density at radius 3 is 2.41 bits per heavy atom. The molecular weight excluding hydrogens is 422 g/mol. The zero-order valence-corrected chi connectivity index (χ0v) is 18.7. The fourth-order valence-electron chi connectivity index (χ4n) is 4.34. The highest BCUT2D eigenvalue weighted by atomic mass is 35.5. The van der Waals surface area contributed by atoms with E-state index in [4.69, 9.17) is 20.8 Å². The number of halogens is 1. The van der Waals surface area contributed by atoms with E-state index >= 15 is 0 Å². The van der Waals surface area contributed by atoms with Crippen molar-refractivity contribution < 1.29 is 9.15 Å². The molecule has 5 rings (SSSR count). The highest BCUT2D eigenvalue weighted by Gasteiger charge is 2.26. The summed E-state index contributed by atoms with van der Waals surface area (Å²) in [5, 5.41) is 1.42. The SMILES string of the molecule is Cc1c(Cc2ccccc2)c(=O)oc2c3c(c(Cl)cc12)OCN(CCc1ccccc1)C3. The lowest BCUT2D eigenvalue weighted by molar-refractivity contribution is 0.0969. The van der Waals surface area contributed by atoms with Crippen LogP contribution in [0.25, 0.3) is 11.0 Å². The minimum absolute atomic E-state index is 0.301. The van der Waals surface area contributed by atoms with Crippen LogP contribution in [0, 0.1) is 6.92 Å². The number of aryl methyl sites for hydroxylation is 1. The molecular formula is C27H24ClNO3. The fraction of sp³-hybridized carbons (Fsp3) is 0.222. The summed E-state index contributed by atoms with van der Waals surface area (Å²) in [5.74, 6) is 0.619. The lowest BCUT2D eigenvalue weighted by atomic mass is 9.97. The molecule has 1 aliphatic rings. The van der Waals surface area contributed by atoms with Crippen LogP contribution >= 0.6 is 11.6 Å². The molecule has 2 heterocycles. The molecule has 0 N–H and O–H groups in total. The molecule has 0 aliphatic carbocycles. The second kappa shape index (κ2) is 8.81. The van der Waals surface area contributed by atoms with Gasteiger partial charge in [-0.1, -0.05) is 72.3 Å². The highest BCUT2D eigenvalue weighted by molar-refractivity contribution is 6.33. The summed E-state index contributed by atoms with van der Waals surface area (Å²) < 4.78 is 11.9. The standard InChI is InChI=1S/C27H24ClNO3/c1-18-21-15-24(28)26-23(16-29(17-31-26)13-12-19-8-4-2-5-9-19)25(21)32-27(30)22(18)14-20-10-6-3-7-11-20/h2-11,15H,12-14,16-17H2,1H3. The van der Waals surface area contributed by atoms with E-state index < -0.39 is 0 Å². The first-order valence-electron chi connectivity index (χ1n) is 10.8. The van der Waals surface area contributed by atoms with E-state index in [0.29, 0.717) is 41.6 Å². The lowest BCUT2D eigenvalue weighted by Crippen LogP contribution is -2.34. The third-order valence-corrected chi connectivity index (χ3v) is 6.42. The van der Waals surface area contributed by atoms with Gasteiger partial charge in [0, 0.05) is 30.5 Å². The van der Waals surface area contributed by atoms with Crippen LogP contribution in [0.15, 0.2) is 75.9 Å². The van der Waals surface area contributed by atoms with Gasteiger partial charge in [0.05, 0.1) is 10.6 Å². The second-order valence-corrected chi connectivity index (χ2v) is 8.67. The number of nitrogens with zero attached hydrogens (tertiary/aromatic N) is 1. The van der Waals surface area contributed by atoms with Crippen LogP contribution in [-0.2, 0) is 19.4 Å². The van der Waals surface area contributed by atoms with Gasteiger partial charge in [-0.25, -0.2) is 4.79 Å². The van der Waals surface area contributed by atoms with Crippen molar-refractivity contribution in [1.29, 1.82) is 0 Å². The maximum atomic E-state index is 13.0. The van der Waals surface area contributed by atoms with Crippen molar-refractivity contribution in [3.05, 3.63) is 110 Å². The van der Waals surface area contributed by atoms with Crippen molar-refractivity contribution in [1.82, 2.24) is 4.90 Å². The molecule has 0 bridgehead atoms. The topological polar surface area (TPSA) is 42.7 Å². The zero-order chi connectivity index (χ0) is 22.1. The van der Waals surface area contributed by atoms with Crippen molar-refractivity contribution in [2.24, 2.45) is 0 Å². The number of hydrogen-bond acceptors (Lipinski definition) is 4. The molecule has 3 aromatic carbocycles. The van der Waals surface area contributed by atoms with E-state index in [0.717, 1.165) is 35.0 Å². The van der Waals surface area contributed by atoms with Crippen molar-refractivity contribution in [3.63, 3.8) is 0 Å². The highest BCUT2D eigenvalue weighted by Crippen LogP contribution is 2.39. The second-order valence-electron chi connectivity index (χ2n) is 8.26. The summed E-state index contributed by atoms with van der Waals surface area (Å²) in [6.45, 7) is 3.89. The molecule has 0 saturated heterocycles. The monoisotopic (exact) mass is 445 g/mol. The molecule has 0 fully saturated rings.